The highest BCUT2D eigenvalue weighted by molar-refractivity contribution is 7.92. The zero-order chi connectivity index (χ0) is 12.3. The summed E-state index contributed by atoms with van der Waals surface area (Å²) in [6.45, 7) is 4.25. The summed E-state index contributed by atoms with van der Waals surface area (Å²) in [4.78, 5) is 0.0187. The van der Waals surface area contributed by atoms with E-state index in [-0.39, 0.29) is 16.8 Å². The van der Waals surface area contributed by atoms with Crippen LogP contribution in [-0.2, 0) is 10.0 Å². The molecule has 6 heteroatoms. The van der Waals surface area contributed by atoms with E-state index in [0.717, 1.165) is 19.3 Å². The van der Waals surface area contributed by atoms with Crippen LogP contribution in [0, 0.1) is 11.8 Å². The number of hydrogen-bond acceptors (Lipinski definition) is 3. The molecule has 1 aliphatic rings. The van der Waals surface area contributed by atoms with Crippen molar-refractivity contribution in [3.8, 4) is 0 Å². The lowest BCUT2D eigenvalue weighted by atomic mass is 9.94. The summed E-state index contributed by atoms with van der Waals surface area (Å²) in [5.74, 6) is 0.770. The van der Waals surface area contributed by atoms with Gasteiger partial charge < -0.3 is 5.73 Å². The van der Waals surface area contributed by atoms with Gasteiger partial charge in [-0.2, -0.15) is 0 Å². The molecule has 3 atom stereocenters. The molecule has 0 aromatic carbocycles. The summed E-state index contributed by atoms with van der Waals surface area (Å²) in [5.41, 5.74) is 5.25. The van der Waals surface area contributed by atoms with Gasteiger partial charge >= 0.3 is 0 Å². The van der Waals surface area contributed by atoms with Crippen LogP contribution in [0.5, 0.6) is 0 Å². The summed E-state index contributed by atoms with van der Waals surface area (Å²) in [7, 11) is -3.35. The summed E-state index contributed by atoms with van der Waals surface area (Å²) >= 11 is 4.62. The van der Waals surface area contributed by atoms with E-state index in [1.807, 2.05) is 0 Å². The molecule has 94 valence electrons. The molecule has 0 heterocycles. The predicted octanol–water partition coefficient (Wildman–Crippen LogP) is 1.02. The number of sulfonamides is 1. The number of hydrogen-bond donors (Lipinski definition) is 2. The van der Waals surface area contributed by atoms with Crippen LogP contribution in [0.15, 0.2) is 0 Å². The molecule has 0 aromatic heterocycles. The fourth-order valence-electron chi connectivity index (χ4n) is 2.45. The SMILES string of the molecule is CCC1CCC(NS(=O)(=O)CC(N)=S)C1C. The van der Waals surface area contributed by atoms with Crippen molar-refractivity contribution in [2.75, 3.05) is 5.75 Å². The van der Waals surface area contributed by atoms with Crippen molar-refractivity contribution < 1.29 is 8.42 Å². The first kappa shape index (κ1) is 13.9. The fourth-order valence-corrected chi connectivity index (χ4v) is 4.17. The normalized spacial score (nSPS) is 30.5. The monoisotopic (exact) mass is 264 g/mol. The Morgan fingerprint density at radius 3 is 2.56 bits per heavy atom. The molecule has 0 aromatic rings. The minimum Gasteiger partial charge on any atom is -0.392 e. The van der Waals surface area contributed by atoms with Crippen molar-refractivity contribution >= 4 is 27.2 Å². The van der Waals surface area contributed by atoms with Crippen LogP contribution in [0.1, 0.15) is 33.1 Å². The standard InChI is InChI=1S/C10H20N2O2S2/c1-3-8-4-5-9(7(8)2)12-16(13,14)6-10(11)15/h7-9,12H,3-6H2,1-2H3,(H2,11,15). The first-order valence-corrected chi connectivity index (χ1v) is 7.70. The van der Waals surface area contributed by atoms with Crippen molar-refractivity contribution in [2.24, 2.45) is 17.6 Å². The quantitative estimate of drug-likeness (QED) is 0.727. The second kappa shape index (κ2) is 5.42. The number of rotatable bonds is 5. The zero-order valence-corrected chi connectivity index (χ0v) is 11.4. The third-order valence-electron chi connectivity index (χ3n) is 3.41. The third kappa shape index (κ3) is 3.68. The lowest BCUT2D eigenvalue weighted by Gasteiger charge is -2.20. The Hall–Kier alpha value is -0.200. The average molecular weight is 264 g/mol. The van der Waals surface area contributed by atoms with Gasteiger partial charge in [0.25, 0.3) is 0 Å². The third-order valence-corrected chi connectivity index (χ3v) is 5.09. The van der Waals surface area contributed by atoms with Crippen molar-refractivity contribution in [3.05, 3.63) is 0 Å². The number of nitrogens with one attached hydrogen (secondary N) is 1. The summed E-state index contributed by atoms with van der Waals surface area (Å²) in [6.07, 6.45) is 3.11. The van der Waals surface area contributed by atoms with E-state index in [1.54, 1.807) is 0 Å². The molecule has 1 fully saturated rings. The van der Waals surface area contributed by atoms with Gasteiger partial charge in [0, 0.05) is 6.04 Å². The first-order valence-electron chi connectivity index (χ1n) is 5.64. The average Bonchev–Trinajstić information content (AvgIpc) is 2.45. The molecule has 0 spiro atoms. The van der Waals surface area contributed by atoms with Crippen molar-refractivity contribution in [2.45, 2.75) is 39.2 Å². The second-order valence-corrected chi connectivity index (χ2v) is 6.83. The fraction of sp³-hybridized carbons (Fsp3) is 0.900. The molecule has 0 bridgehead atoms. The molecule has 0 radical (unpaired) electrons. The maximum Gasteiger partial charge on any atom is 0.218 e. The summed E-state index contributed by atoms with van der Waals surface area (Å²) < 4.78 is 26.0. The van der Waals surface area contributed by atoms with E-state index >= 15 is 0 Å². The van der Waals surface area contributed by atoms with Gasteiger partial charge in [0.1, 0.15) is 5.75 Å². The number of thiocarbonyl (C=S) groups is 1. The van der Waals surface area contributed by atoms with Gasteiger partial charge in [0.05, 0.1) is 4.99 Å². The Morgan fingerprint density at radius 1 is 1.50 bits per heavy atom. The molecular formula is C10H20N2O2S2. The highest BCUT2D eigenvalue weighted by atomic mass is 32.2. The Balaban J connectivity index is 2.59. The molecule has 0 saturated heterocycles. The lowest BCUT2D eigenvalue weighted by Crippen LogP contribution is -2.41. The zero-order valence-electron chi connectivity index (χ0n) is 9.77. The van der Waals surface area contributed by atoms with Crippen LogP contribution in [-0.4, -0.2) is 25.2 Å². The van der Waals surface area contributed by atoms with Crippen molar-refractivity contribution in [1.82, 2.24) is 4.72 Å². The van der Waals surface area contributed by atoms with Gasteiger partial charge in [-0.3, -0.25) is 0 Å². The first-order chi connectivity index (χ1) is 7.35. The minimum absolute atomic E-state index is 0.0187. The van der Waals surface area contributed by atoms with E-state index < -0.39 is 10.0 Å². The molecule has 1 aliphatic carbocycles. The minimum atomic E-state index is -3.35. The molecule has 0 amide bonds. The van der Waals surface area contributed by atoms with E-state index in [1.165, 1.54) is 0 Å². The van der Waals surface area contributed by atoms with E-state index in [9.17, 15) is 8.42 Å². The van der Waals surface area contributed by atoms with Crippen LogP contribution in [0.4, 0.5) is 0 Å². The number of nitrogens with two attached hydrogens (primary N) is 1. The van der Waals surface area contributed by atoms with Crippen LogP contribution in [0.2, 0.25) is 0 Å². The molecule has 1 saturated carbocycles. The molecule has 3 unspecified atom stereocenters. The van der Waals surface area contributed by atoms with Gasteiger partial charge in [-0.1, -0.05) is 32.5 Å². The summed E-state index contributed by atoms with van der Waals surface area (Å²) in [5, 5.41) is 0. The maximum absolute atomic E-state index is 11.7. The molecule has 4 nitrogen and oxygen atoms in total. The van der Waals surface area contributed by atoms with Crippen LogP contribution >= 0.6 is 12.2 Å². The Morgan fingerprint density at radius 2 is 2.12 bits per heavy atom. The largest absolute Gasteiger partial charge is 0.392 e. The predicted molar refractivity (Wildman–Crippen MR) is 69.7 cm³/mol. The Bertz CT molecular complexity index is 354. The van der Waals surface area contributed by atoms with Crippen LogP contribution < -0.4 is 10.5 Å². The van der Waals surface area contributed by atoms with Crippen LogP contribution in [0.25, 0.3) is 0 Å². The van der Waals surface area contributed by atoms with Gasteiger partial charge in [0.15, 0.2) is 0 Å². The van der Waals surface area contributed by atoms with Gasteiger partial charge in [-0.05, 0) is 24.7 Å². The molecule has 0 aliphatic heterocycles. The van der Waals surface area contributed by atoms with Gasteiger partial charge in [-0.25, -0.2) is 13.1 Å². The molecule has 16 heavy (non-hydrogen) atoms. The van der Waals surface area contributed by atoms with E-state index in [2.05, 4.69) is 30.8 Å². The van der Waals surface area contributed by atoms with E-state index in [0.29, 0.717) is 11.8 Å². The van der Waals surface area contributed by atoms with Crippen molar-refractivity contribution in [1.29, 1.82) is 0 Å². The lowest BCUT2D eigenvalue weighted by molar-refractivity contribution is 0.369. The molecule has 3 N–H and O–H groups in total. The smallest absolute Gasteiger partial charge is 0.218 e. The summed E-state index contributed by atoms with van der Waals surface area (Å²) in [6, 6.07) is 0.0456. The molecular weight excluding hydrogens is 244 g/mol. The Kier molecular flexibility index (Phi) is 4.70. The highest BCUT2D eigenvalue weighted by Gasteiger charge is 2.33. The Labute approximate surface area is 103 Å². The topological polar surface area (TPSA) is 72.2 Å². The van der Waals surface area contributed by atoms with Gasteiger partial charge in [0.2, 0.25) is 10.0 Å². The van der Waals surface area contributed by atoms with Crippen LogP contribution in [0.3, 0.4) is 0 Å². The highest BCUT2D eigenvalue weighted by Crippen LogP contribution is 2.34. The molecule has 1 rings (SSSR count). The van der Waals surface area contributed by atoms with E-state index in [4.69, 9.17) is 5.73 Å². The van der Waals surface area contributed by atoms with Gasteiger partial charge in [-0.15, -0.1) is 0 Å². The second-order valence-electron chi connectivity index (χ2n) is 4.55. The van der Waals surface area contributed by atoms with Crippen molar-refractivity contribution in [3.63, 3.8) is 0 Å². The maximum atomic E-state index is 11.7.